The average molecular weight is 400 g/mol. The number of amides is 1. The minimum atomic E-state index is -0.461. The molecule has 0 aliphatic carbocycles. The second kappa shape index (κ2) is 10.4. The van der Waals surface area contributed by atoms with Gasteiger partial charge in [0.05, 0.1) is 7.11 Å². The normalized spacial score (nSPS) is 10.3. The molecule has 7 nitrogen and oxygen atoms in total. The van der Waals surface area contributed by atoms with Crippen LogP contribution in [0.3, 0.4) is 0 Å². The Morgan fingerprint density at radius 1 is 1.00 bits per heavy atom. The number of anilines is 1. The fraction of sp³-hybridized carbons (Fsp3) is 0.364. The van der Waals surface area contributed by atoms with Crippen LogP contribution in [0.1, 0.15) is 17.5 Å². The van der Waals surface area contributed by atoms with E-state index in [1.807, 2.05) is 43.3 Å². The Morgan fingerprint density at radius 2 is 1.66 bits per heavy atom. The zero-order valence-electron chi connectivity index (χ0n) is 17.3. The first-order chi connectivity index (χ1) is 13.8. The molecule has 0 heterocycles. The molecule has 2 rings (SSSR count). The topological polar surface area (TPSA) is 79.3 Å². The number of esters is 1. The van der Waals surface area contributed by atoms with Crippen LogP contribution in [0.25, 0.3) is 0 Å². The van der Waals surface area contributed by atoms with Gasteiger partial charge in [0.2, 0.25) is 0 Å². The van der Waals surface area contributed by atoms with Crippen LogP contribution in [0.5, 0.6) is 11.5 Å². The standard InChI is InChI=1S/C22H28N2O5/c1-23(2)18-9-5-17(6-10-18)14-24(3)21(26)15-29-22(27)12-8-16-7-11-20(28-4)19(25)13-16/h5-7,9-11,13,25H,8,12,14-15H2,1-4H3. The lowest BCUT2D eigenvalue weighted by Gasteiger charge is -2.18. The SMILES string of the molecule is COc1ccc(CCC(=O)OCC(=O)N(C)Cc2ccc(N(C)C)cc2)cc1O. The molecule has 0 aromatic heterocycles. The summed E-state index contributed by atoms with van der Waals surface area (Å²) >= 11 is 0. The summed E-state index contributed by atoms with van der Waals surface area (Å²) in [7, 11) is 7.09. The average Bonchev–Trinajstić information content (AvgIpc) is 2.70. The van der Waals surface area contributed by atoms with Gasteiger partial charge in [0.1, 0.15) is 0 Å². The van der Waals surface area contributed by atoms with E-state index in [1.54, 1.807) is 25.2 Å². The van der Waals surface area contributed by atoms with E-state index in [1.165, 1.54) is 12.0 Å². The van der Waals surface area contributed by atoms with E-state index >= 15 is 0 Å². The van der Waals surface area contributed by atoms with Crippen molar-refractivity contribution in [3.63, 3.8) is 0 Å². The number of hydrogen-bond donors (Lipinski definition) is 1. The van der Waals surface area contributed by atoms with Gasteiger partial charge in [0, 0.05) is 39.8 Å². The molecule has 2 aromatic rings. The van der Waals surface area contributed by atoms with Crippen LogP contribution in [0.2, 0.25) is 0 Å². The second-order valence-corrected chi connectivity index (χ2v) is 6.98. The number of aromatic hydroxyl groups is 1. The predicted octanol–water partition coefficient (Wildman–Crippen LogP) is 2.60. The molecule has 29 heavy (non-hydrogen) atoms. The van der Waals surface area contributed by atoms with Gasteiger partial charge in [0.25, 0.3) is 5.91 Å². The highest BCUT2D eigenvalue weighted by molar-refractivity contribution is 5.80. The number of carbonyl (C=O) groups excluding carboxylic acids is 2. The van der Waals surface area contributed by atoms with Gasteiger partial charge in [-0.05, 0) is 41.8 Å². The number of likely N-dealkylation sites (N-methyl/N-ethyl adjacent to an activating group) is 1. The lowest BCUT2D eigenvalue weighted by atomic mass is 10.1. The lowest BCUT2D eigenvalue weighted by Crippen LogP contribution is -2.30. The highest BCUT2D eigenvalue weighted by atomic mass is 16.5. The number of nitrogens with zero attached hydrogens (tertiary/aromatic N) is 2. The maximum atomic E-state index is 12.2. The third-order valence-corrected chi connectivity index (χ3v) is 4.52. The predicted molar refractivity (Wildman–Crippen MR) is 111 cm³/mol. The zero-order valence-corrected chi connectivity index (χ0v) is 17.3. The van der Waals surface area contributed by atoms with Gasteiger partial charge in [-0.3, -0.25) is 9.59 Å². The van der Waals surface area contributed by atoms with Crippen molar-refractivity contribution in [1.29, 1.82) is 0 Å². The number of aryl methyl sites for hydroxylation is 1. The summed E-state index contributed by atoms with van der Waals surface area (Å²) in [5, 5.41) is 9.76. The molecule has 0 radical (unpaired) electrons. The Balaban J connectivity index is 1.75. The Hall–Kier alpha value is -3.22. The van der Waals surface area contributed by atoms with Crippen LogP contribution >= 0.6 is 0 Å². The molecule has 0 aliphatic heterocycles. The molecule has 0 saturated carbocycles. The molecule has 2 aromatic carbocycles. The monoisotopic (exact) mass is 400 g/mol. The molecular weight excluding hydrogens is 372 g/mol. The molecular formula is C22H28N2O5. The molecule has 0 spiro atoms. The minimum Gasteiger partial charge on any atom is -0.504 e. The number of rotatable bonds is 9. The highest BCUT2D eigenvalue weighted by Gasteiger charge is 2.13. The summed E-state index contributed by atoms with van der Waals surface area (Å²) in [5.41, 5.74) is 2.86. The quantitative estimate of drug-likeness (QED) is 0.652. The molecule has 0 fully saturated rings. The maximum Gasteiger partial charge on any atom is 0.306 e. The molecule has 0 unspecified atom stereocenters. The van der Waals surface area contributed by atoms with Crippen molar-refractivity contribution >= 4 is 17.6 Å². The van der Waals surface area contributed by atoms with Crippen LogP contribution in [0.4, 0.5) is 5.69 Å². The molecule has 0 aliphatic rings. The Morgan fingerprint density at radius 3 is 2.24 bits per heavy atom. The smallest absolute Gasteiger partial charge is 0.306 e. The second-order valence-electron chi connectivity index (χ2n) is 6.98. The van der Waals surface area contributed by atoms with Gasteiger partial charge in [-0.2, -0.15) is 0 Å². The first-order valence-electron chi connectivity index (χ1n) is 9.32. The van der Waals surface area contributed by atoms with Gasteiger partial charge in [-0.1, -0.05) is 18.2 Å². The van der Waals surface area contributed by atoms with Crippen LogP contribution in [0.15, 0.2) is 42.5 Å². The van der Waals surface area contributed by atoms with Gasteiger partial charge < -0.3 is 24.4 Å². The van der Waals surface area contributed by atoms with E-state index in [0.717, 1.165) is 16.8 Å². The summed E-state index contributed by atoms with van der Waals surface area (Å²) in [6.07, 6.45) is 0.521. The van der Waals surface area contributed by atoms with Crippen LogP contribution in [0, 0.1) is 0 Å². The summed E-state index contributed by atoms with van der Waals surface area (Å²) in [4.78, 5) is 27.7. The van der Waals surface area contributed by atoms with E-state index in [-0.39, 0.29) is 24.7 Å². The summed E-state index contributed by atoms with van der Waals surface area (Å²) in [6, 6.07) is 12.9. The van der Waals surface area contributed by atoms with E-state index in [2.05, 4.69) is 0 Å². The molecule has 1 N–H and O–H groups in total. The maximum absolute atomic E-state index is 12.2. The Labute approximate surface area is 171 Å². The van der Waals surface area contributed by atoms with Crippen LogP contribution in [-0.4, -0.2) is 56.7 Å². The minimum absolute atomic E-state index is 0.0220. The number of phenolic OH excluding ortho intramolecular Hbond substituents is 1. The molecule has 156 valence electrons. The number of ether oxygens (including phenoxy) is 2. The molecule has 7 heteroatoms. The molecule has 0 bridgehead atoms. The van der Waals surface area contributed by atoms with Crippen LogP contribution in [-0.2, 0) is 27.3 Å². The van der Waals surface area contributed by atoms with Crippen LogP contribution < -0.4 is 9.64 Å². The van der Waals surface area contributed by atoms with Crippen molar-refractivity contribution in [2.75, 3.05) is 39.8 Å². The first-order valence-corrected chi connectivity index (χ1v) is 9.32. The highest BCUT2D eigenvalue weighted by Crippen LogP contribution is 2.26. The third-order valence-electron chi connectivity index (χ3n) is 4.52. The number of methoxy groups -OCH3 is 1. The summed E-state index contributed by atoms with van der Waals surface area (Å²) < 4.78 is 10.1. The van der Waals surface area contributed by atoms with Crippen molar-refractivity contribution in [3.05, 3.63) is 53.6 Å². The van der Waals surface area contributed by atoms with Crippen molar-refractivity contribution in [2.45, 2.75) is 19.4 Å². The fourth-order valence-electron chi connectivity index (χ4n) is 2.72. The van der Waals surface area contributed by atoms with Gasteiger partial charge >= 0.3 is 5.97 Å². The van der Waals surface area contributed by atoms with Crippen molar-refractivity contribution in [2.24, 2.45) is 0 Å². The zero-order chi connectivity index (χ0) is 21.4. The number of carbonyl (C=O) groups is 2. The molecule has 0 saturated heterocycles. The fourth-order valence-corrected chi connectivity index (χ4v) is 2.72. The number of phenols is 1. The van der Waals surface area contributed by atoms with Gasteiger partial charge in [-0.15, -0.1) is 0 Å². The number of hydrogen-bond acceptors (Lipinski definition) is 6. The third kappa shape index (κ3) is 6.71. The largest absolute Gasteiger partial charge is 0.504 e. The first kappa shape index (κ1) is 22.1. The van der Waals surface area contributed by atoms with Crippen molar-refractivity contribution in [1.82, 2.24) is 4.90 Å². The van der Waals surface area contributed by atoms with E-state index in [0.29, 0.717) is 18.7 Å². The van der Waals surface area contributed by atoms with Crippen molar-refractivity contribution < 1.29 is 24.2 Å². The summed E-state index contributed by atoms with van der Waals surface area (Å²) in [6.45, 7) is 0.147. The van der Waals surface area contributed by atoms with E-state index in [9.17, 15) is 14.7 Å². The van der Waals surface area contributed by atoms with E-state index in [4.69, 9.17) is 9.47 Å². The molecule has 0 atom stereocenters. The van der Waals surface area contributed by atoms with Gasteiger partial charge in [-0.25, -0.2) is 0 Å². The lowest BCUT2D eigenvalue weighted by molar-refractivity contribution is -0.151. The Bertz CT molecular complexity index is 834. The van der Waals surface area contributed by atoms with E-state index < -0.39 is 5.97 Å². The Kier molecular flexibility index (Phi) is 7.88. The number of benzene rings is 2. The molecule has 1 amide bonds. The summed E-state index contributed by atoms with van der Waals surface area (Å²) in [5.74, 6) is -0.329. The van der Waals surface area contributed by atoms with Crippen molar-refractivity contribution in [3.8, 4) is 11.5 Å². The van der Waals surface area contributed by atoms with Gasteiger partial charge in [0.15, 0.2) is 18.1 Å².